The number of rotatable bonds is 8. The number of nitrogens with one attached hydrogen (secondary N) is 1. The second-order valence-corrected chi connectivity index (χ2v) is 4.15. The number of hydrogen-bond donors (Lipinski definition) is 1. The summed E-state index contributed by atoms with van der Waals surface area (Å²) in [6.07, 6.45) is 1.11. The normalized spacial score (nSPS) is 11.1. The Labute approximate surface area is 104 Å². The molecule has 0 aliphatic rings. The minimum Gasteiger partial charge on any atom is -0.313 e. The third-order valence-corrected chi connectivity index (χ3v) is 3.00. The van der Waals surface area contributed by atoms with Gasteiger partial charge < -0.3 is 10.2 Å². The van der Waals surface area contributed by atoms with Crippen LogP contribution in [0.15, 0.2) is 24.3 Å². The van der Waals surface area contributed by atoms with Crippen molar-refractivity contribution in [2.75, 3.05) is 26.2 Å². The lowest BCUT2D eigenvalue weighted by Gasteiger charge is -2.17. The predicted molar refractivity (Wildman–Crippen MR) is 70.5 cm³/mol. The van der Waals surface area contributed by atoms with E-state index in [1.807, 2.05) is 12.1 Å². The van der Waals surface area contributed by atoms with Crippen LogP contribution in [0.4, 0.5) is 4.39 Å². The van der Waals surface area contributed by atoms with Gasteiger partial charge in [0.15, 0.2) is 0 Å². The molecule has 0 amide bonds. The molecular weight excluding hydrogens is 215 g/mol. The molecule has 0 aromatic heterocycles. The summed E-state index contributed by atoms with van der Waals surface area (Å²) in [5.41, 5.74) is 0.746. The summed E-state index contributed by atoms with van der Waals surface area (Å²) in [4.78, 5) is 2.39. The summed E-state index contributed by atoms with van der Waals surface area (Å²) in [6.45, 7) is 9.22. The monoisotopic (exact) mass is 238 g/mol. The molecule has 0 fully saturated rings. The summed E-state index contributed by atoms with van der Waals surface area (Å²) in [5.74, 6) is -0.122. The van der Waals surface area contributed by atoms with E-state index >= 15 is 0 Å². The molecule has 1 rings (SSSR count). The van der Waals surface area contributed by atoms with E-state index in [1.54, 1.807) is 6.07 Å². The van der Waals surface area contributed by atoms with Gasteiger partial charge in [-0.2, -0.15) is 0 Å². The average molecular weight is 238 g/mol. The van der Waals surface area contributed by atoms with Gasteiger partial charge >= 0.3 is 0 Å². The summed E-state index contributed by atoms with van der Waals surface area (Å²) < 4.78 is 13.3. The molecule has 0 saturated carbocycles. The van der Waals surface area contributed by atoms with E-state index < -0.39 is 0 Å². The van der Waals surface area contributed by atoms with Gasteiger partial charge in [0.2, 0.25) is 0 Å². The summed E-state index contributed by atoms with van der Waals surface area (Å²) >= 11 is 0. The van der Waals surface area contributed by atoms with Gasteiger partial charge in [0, 0.05) is 12.1 Å². The van der Waals surface area contributed by atoms with Crippen molar-refractivity contribution in [2.24, 2.45) is 0 Å². The fourth-order valence-electron chi connectivity index (χ4n) is 1.83. The summed E-state index contributed by atoms with van der Waals surface area (Å²) in [7, 11) is 0. The first-order valence-corrected chi connectivity index (χ1v) is 6.44. The van der Waals surface area contributed by atoms with E-state index in [-0.39, 0.29) is 5.82 Å². The first-order chi connectivity index (χ1) is 8.27. The topological polar surface area (TPSA) is 15.3 Å². The van der Waals surface area contributed by atoms with Crippen molar-refractivity contribution in [3.63, 3.8) is 0 Å². The molecule has 1 aromatic carbocycles. The maximum atomic E-state index is 13.3. The predicted octanol–water partition coefficient (Wildman–Crippen LogP) is 2.65. The van der Waals surface area contributed by atoms with Crippen LogP contribution in [-0.2, 0) is 6.54 Å². The van der Waals surface area contributed by atoms with Crippen molar-refractivity contribution in [2.45, 2.75) is 26.8 Å². The second kappa shape index (κ2) is 8.20. The molecule has 0 saturated heterocycles. The SMILES string of the molecule is CCN(CC)CCCNCc1ccccc1F. The van der Waals surface area contributed by atoms with Crippen molar-refractivity contribution < 1.29 is 4.39 Å². The second-order valence-electron chi connectivity index (χ2n) is 4.15. The molecule has 3 heteroatoms. The molecule has 0 bridgehead atoms. The third kappa shape index (κ3) is 5.29. The van der Waals surface area contributed by atoms with E-state index in [2.05, 4.69) is 24.1 Å². The smallest absolute Gasteiger partial charge is 0.127 e. The van der Waals surface area contributed by atoms with E-state index in [0.717, 1.165) is 38.2 Å². The molecular formula is C14H23FN2. The Morgan fingerprint density at radius 2 is 1.88 bits per heavy atom. The van der Waals surface area contributed by atoms with Gasteiger partial charge in [-0.15, -0.1) is 0 Å². The van der Waals surface area contributed by atoms with E-state index in [9.17, 15) is 4.39 Å². The molecule has 1 aromatic rings. The molecule has 0 aliphatic carbocycles. The number of nitrogens with zero attached hydrogens (tertiary/aromatic N) is 1. The highest BCUT2D eigenvalue weighted by Crippen LogP contribution is 2.05. The zero-order valence-electron chi connectivity index (χ0n) is 10.9. The Morgan fingerprint density at radius 1 is 1.18 bits per heavy atom. The third-order valence-electron chi connectivity index (χ3n) is 3.00. The number of benzene rings is 1. The highest BCUT2D eigenvalue weighted by Gasteiger charge is 2.00. The molecule has 0 spiro atoms. The molecule has 0 aliphatic heterocycles. The Bertz CT molecular complexity index is 311. The molecule has 0 radical (unpaired) electrons. The summed E-state index contributed by atoms with van der Waals surface area (Å²) in [5, 5.41) is 3.28. The van der Waals surface area contributed by atoms with Crippen molar-refractivity contribution in [1.82, 2.24) is 10.2 Å². The van der Waals surface area contributed by atoms with Gasteiger partial charge in [-0.3, -0.25) is 0 Å². The van der Waals surface area contributed by atoms with E-state index in [1.165, 1.54) is 6.07 Å². The average Bonchev–Trinajstić information content (AvgIpc) is 2.36. The first-order valence-electron chi connectivity index (χ1n) is 6.44. The fourth-order valence-corrected chi connectivity index (χ4v) is 1.83. The largest absolute Gasteiger partial charge is 0.313 e. The van der Waals surface area contributed by atoms with Crippen LogP contribution in [0.5, 0.6) is 0 Å². The molecule has 0 atom stereocenters. The summed E-state index contributed by atoms with van der Waals surface area (Å²) in [6, 6.07) is 6.93. The van der Waals surface area contributed by atoms with Crippen LogP contribution < -0.4 is 5.32 Å². The van der Waals surface area contributed by atoms with Crippen molar-refractivity contribution in [3.05, 3.63) is 35.6 Å². The Kier molecular flexibility index (Phi) is 6.82. The first kappa shape index (κ1) is 14.1. The molecule has 2 nitrogen and oxygen atoms in total. The van der Waals surface area contributed by atoms with E-state index in [4.69, 9.17) is 0 Å². The maximum absolute atomic E-state index is 13.3. The number of halogens is 1. The van der Waals surface area contributed by atoms with Crippen molar-refractivity contribution >= 4 is 0 Å². The van der Waals surface area contributed by atoms with Crippen LogP contribution in [0.1, 0.15) is 25.8 Å². The maximum Gasteiger partial charge on any atom is 0.127 e. The van der Waals surface area contributed by atoms with Crippen LogP contribution in [0.2, 0.25) is 0 Å². The van der Waals surface area contributed by atoms with Crippen molar-refractivity contribution in [1.29, 1.82) is 0 Å². The van der Waals surface area contributed by atoms with Gasteiger partial charge in [0.1, 0.15) is 5.82 Å². The van der Waals surface area contributed by atoms with Crippen LogP contribution in [0.3, 0.4) is 0 Å². The Balaban J connectivity index is 2.14. The van der Waals surface area contributed by atoms with Crippen LogP contribution in [-0.4, -0.2) is 31.1 Å². The Morgan fingerprint density at radius 3 is 2.53 bits per heavy atom. The molecule has 0 heterocycles. The highest BCUT2D eigenvalue weighted by atomic mass is 19.1. The number of hydrogen-bond acceptors (Lipinski definition) is 2. The lowest BCUT2D eigenvalue weighted by atomic mass is 10.2. The quantitative estimate of drug-likeness (QED) is 0.700. The molecule has 0 unspecified atom stereocenters. The van der Waals surface area contributed by atoms with Gasteiger partial charge in [0.05, 0.1) is 0 Å². The minimum absolute atomic E-state index is 0.122. The van der Waals surface area contributed by atoms with Gasteiger partial charge in [-0.05, 0) is 38.7 Å². The Hall–Kier alpha value is -0.930. The zero-order valence-corrected chi connectivity index (χ0v) is 10.9. The van der Waals surface area contributed by atoms with Gasteiger partial charge in [-0.25, -0.2) is 4.39 Å². The minimum atomic E-state index is -0.122. The van der Waals surface area contributed by atoms with Crippen molar-refractivity contribution in [3.8, 4) is 0 Å². The van der Waals surface area contributed by atoms with Crippen LogP contribution in [0, 0.1) is 5.82 Å². The fraction of sp³-hybridized carbons (Fsp3) is 0.571. The highest BCUT2D eigenvalue weighted by molar-refractivity contribution is 5.16. The molecule has 17 heavy (non-hydrogen) atoms. The zero-order chi connectivity index (χ0) is 12.5. The standard InChI is InChI=1S/C14H23FN2/c1-3-17(4-2)11-7-10-16-12-13-8-5-6-9-14(13)15/h5-6,8-9,16H,3-4,7,10-12H2,1-2H3. The van der Waals surface area contributed by atoms with Gasteiger partial charge in [-0.1, -0.05) is 32.0 Å². The molecule has 96 valence electrons. The van der Waals surface area contributed by atoms with Crippen LogP contribution >= 0.6 is 0 Å². The van der Waals surface area contributed by atoms with Crippen LogP contribution in [0.25, 0.3) is 0 Å². The lowest BCUT2D eigenvalue weighted by molar-refractivity contribution is 0.298. The van der Waals surface area contributed by atoms with E-state index in [0.29, 0.717) is 6.54 Å². The van der Waals surface area contributed by atoms with Gasteiger partial charge in [0.25, 0.3) is 0 Å². The lowest BCUT2D eigenvalue weighted by Crippen LogP contribution is -2.27. The molecule has 1 N–H and O–H groups in total.